The van der Waals surface area contributed by atoms with Gasteiger partial charge in [-0.25, -0.2) is 0 Å². The zero-order valence-corrected chi connectivity index (χ0v) is 7.94. The molecule has 2 radical (unpaired) electrons. The quantitative estimate of drug-likeness (QED) is 0.370. The van der Waals surface area contributed by atoms with Crippen molar-refractivity contribution in [1.29, 1.82) is 0 Å². The fourth-order valence-electron chi connectivity index (χ4n) is 0.279. The van der Waals surface area contributed by atoms with Gasteiger partial charge in [0, 0.05) is 11.8 Å². The van der Waals surface area contributed by atoms with E-state index in [9.17, 15) is 4.79 Å². The molecule has 0 aliphatic carbocycles. The van der Waals surface area contributed by atoms with Crippen LogP contribution >= 0.6 is 11.6 Å². The van der Waals surface area contributed by atoms with Crippen molar-refractivity contribution >= 4 is 27.3 Å². The Morgan fingerprint density at radius 1 is 1.70 bits per heavy atom. The molecule has 2 nitrogen and oxygen atoms in total. The number of carbonyl (C=O) groups excluding carboxylic acids is 1. The van der Waals surface area contributed by atoms with Gasteiger partial charge in [0.1, 0.15) is 0 Å². The molecule has 0 bridgehead atoms. The van der Waals surface area contributed by atoms with E-state index >= 15 is 0 Å². The van der Waals surface area contributed by atoms with Crippen LogP contribution in [0.1, 0.15) is 13.8 Å². The molecule has 0 unspecified atom stereocenters. The lowest BCUT2D eigenvalue weighted by molar-refractivity contribution is -0.137. The van der Waals surface area contributed by atoms with Gasteiger partial charge in [0.25, 0.3) is 5.97 Å². The highest BCUT2D eigenvalue weighted by molar-refractivity contribution is 6.33. The first kappa shape index (κ1) is 9.98. The Hall–Kier alpha value is -0.0231. The standard InChI is InChI=1S/C6H11ClO2Si/c1-5(2)6(8)9-10-4-3-7/h5H,3-4H2,1-2H3. The molecule has 0 aromatic rings. The zero-order chi connectivity index (χ0) is 7.98. The molecule has 0 aromatic carbocycles. The van der Waals surface area contributed by atoms with Crippen molar-refractivity contribution in [3.05, 3.63) is 0 Å². The Balaban J connectivity index is 3.22. The average Bonchev–Trinajstić information content (AvgIpc) is 1.88. The second-order valence-corrected chi connectivity index (χ2v) is 3.53. The maximum atomic E-state index is 10.8. The molecule has 0 atom stereocenters. The second-order valence-electron chi connectivity index (χ2n) is 2.16. The molecule has 0 heterocycles. The number of carbonyl (C=O) groups is 1. The monoisotopic (exact) mass is 178 g/mol. The summed E-state index contributed by atoms with van der Waals surface area (Å²) in [6.45, 7) is 3.63. The SMILES string of the molecule is CC(C)C(=O)O[Si]CCCl. The maximum absolute atomic E-state index is 10.8. The highest BCUT2D eigenvalue weighted by Crippen LogP contribution is 1.95. The van der Waals surface area contributed by atoms with Crippen LogP contribution in [0.25, 0.3) is 0 Å². The molecule has 0 aromatic heterocycles. The molecule has 4 heteroatoms. The van der Waals surface area contributed by atoms with Crippen molar-refractivity contribution in [1.82, 2.24) is 0 Å². The van der Waals surface area contributed by atoms with Gasteiger partial charge in [-0.15, -0.1) is 11.6 Å². The fourth-order valence-corrected chi connectivity index (χ4v) is 1.07. The second kappa shape index (κ2) is 5.74. The summed E-state index contributed by atoms with van der Waals surface area (Å²) in [5, 5.41) is 0. The predicted octanol–water partition coefficient (Wildman–Crippen LogP) is 1.46. The highest BCUT2D eigenvalue weighted by atomic mass is 35.5. The van der Waals surface area contributed by atoms with Crippen molar-refractivity contribution in [3.8, 4) is 0 Å². The Morgan fingerprint density at radius 3 is 2.70 bits per heavy atom. The molecule has 0 aliphatic heterocycles. The van der Waals surface area contributed by atoms with Crippen molar-refractivity contribution in [2.24, 2.45) is 5.92 Å². The van der Waals surface area contributed by atoms with Crippen LogP contribution in [0.3, 0.4) is 0 Å². The van der Waals surface area contributed by atoms with Crippen molar-refractivity contribution in [2.45, 2.75) is 19.9 Å². The predicted molar refractivity (Wildman–Crippen MR) is 42.2 cm³/mol. The van der Waals surface area contributed by atoms with Crippen LogP contribution in [-0.4, -0.2) is 21.6 Å². The van der Waals surface area contributed by atoms with Gasteiger partial charge in [-0.2, -0.15) is 0 Å². The molecule has 10 heavy (non-hydrogen) atoms. The molecule has 0 aliphatic rings. The number of halogens is 1. The Morgan fingerprint density at radius 2 is 2.30 bits per heavy atom. The summed E-state index contributed by atoms with van der Waals surface area (Å²) in [7, 11) is 0.224. The first-order valence-corrected chi connectivity index (χ1v) is 4.83. The van der Waals surface area contributed by atoms with Crippen LogP contribution in [0, 0.1) is 5.92 Å². The minimum Gasteiger partial charge on any atom is -0.516 e. The first-order chi connectivity index (χ1) is 4.68. The summed E-state index contributed by atoms with van der Waals surface area (Å²) in [6.07, 6.45) is 0. The lowest BCUT2D eigenvalue weighted by Crippen LogP contribution is -2.14. The average molecular weight is 179 g/mol. The van der Waals surface area contributed by atoms with Crippen molar-refractivity contribution in [2.75, 3.05) is 5.88 Å². The first-order valence-electron chi connectivity index (χ1n) is 3.18. The maximum Gasteiger partial charge on any atom is 0.316 e. The Bertz CT molecular complexity index is 106. The van der Waals surface area contributed by atoms with E-state index in [1.807, 2.05) is 13.8 Å². The largest absolute Gasteiger partial charge is 0.516 e. The van der Waals surface area contributed by atoms with E-state index in [1.54, 1.807) is 0 Å². The summed E-state index contributed by atoms with van der Waals surface area (Å²) in [6, 6.07) is 0.764. The molecule has 58 valence electrons. The van der Waals surface area contributed by atoms with Gasteiger partial charge in [-0.3, -0.25) is 4.79 Å². The topological polar surface area (TPSA) is 26.3 Å². The van der Waals surface area contributed by atoms with Crippen LogP contribution in [0.2, 0.25) is 6.04 Å². The van der Waals surface area contributed by atoms with E-state index in [-0.39, 0.29) is 21.7 Å². The Labute approximate surface area is 68.8 Å². The van der Waals surface area contributed by atoms with E-state index in [1.165, 1.54) is 0 Å². The number of hydrogen-bond acceptors (Lipinski definition) is 2. The van der Waals surface area contributed by atoms with Crippen LogP contribution in [-0.2, 0) is 9.22 Å². The molecular formula is C6H11ClO2Si. The van der Waals surface area contributed by atoms with Crippen molar-refractivity contribution in [3.63, 3.8) is 0 Å². The third kappa shape index (κ3) is 4.82. The Kier molecular flexibility index (Phi) is 5.73. The lowest BCUT2D eigenvalue weighted by atomic mass is 10.2. The van der Waals surface area contributed by atoms with Gasteiger partial charge in [0.15, 0.2) is 0 Å². The normalized spacial score (nSPS) is 10.0. The molecule has 0 saturated carbocycles. The highest BCUT2D eigenvalue weighted by Gasteiger charge is 2.07. The van der Waals surface area contributed by atoms with Crippen LogP contribution < -0.4 is 0 Å². The van der Waals surface area contributed by atoms with Gasteiger partial charge in [-0.1, -0.05) is 13.8 Å². The number of alkyl halides is 1. The molecule has 0 fully saturated rings. The minimum absolute atomic E-state index is 0.0252. The van der Waals surface area contributed by atoms with Gasteiger partial charge in [0.05, 0.1) is 0 Å². The number of rotatable bonds is 4. The summed E-state index contributed by atoms with van der Waals surface area (Å²) in [5.74, 6) is 0.398. The molecule has 0 spiro atoms. The van der Waals surface area contributed by atoms with E-state index in [2.05, 4.69) is 0 Å². The molecule has 0 amide bonds. The van der Waals surface area contributed by atoms with Gasteiger partial charge in [-0.05, 0) is 6.04 Å². The van der Waals surface area contributed by atoms with Crippen LogP contribution in [0.5, 0.6) is 0 Å². The van der Waals surface area contributed by atoms with Gasteiger partial charge in [0.2, 0.25) is 0 Å². The van der Waals surface area contributed by atoms with E-state index in [0.29, 0.717) is 5.88 Å². The summed E-state index contributed by atoms with van der Waals surface area (Å²) < 4.78 is 4.85. The molecule has 0 rings (SSSR count). The van der Waals surface area contributed by atoms with Crippen LogP contribution in [0.4, 0.5) is 0 Å². The zero-order valence-electron chi connectivity index (χ0n) is 6.19. The van der Waals surface area contributed by atoms with E-state index in [4.69, 9.17) is 16.0 Å². The summed E-state index contributed by atoms with van der Waals surface area (Å²) >= 11 is 5.38. The number of hydrogen-bond donors (Lipinski definition) is 0. The van der Waals surface area contributed by atoms with E-state index in [0.717, 1.165) is 6.04 Å². The summed E-state index contributed by atoms with van der Waals surface area (Å²) in [5.41, 5.74) is 0. The van der Waals surface area contributed by atoms with Gasteiger partial charge < -0.3 is 4.43 Å². The van der Waals surface area contributed by atoms with E-state index < -0.39 is 0 Å². The van der Waals surface area contributed by atoms with Crippen LogP contribution in [0.15, 0.2) is 0 Å². The molecule has 0 saturated heterocycles. The smallest absolute Gasteiger partial charge is 0.316 e. The molecular weight excluding hydrogens is 168 g/mol. The van der Waals surface area contributed by atoms with Gasteiger partial charge >= 0.3 is 9.76 Å². The summed E-state index contributed by atoms with van der Waals surface area (Å²) in [4.78, 5) is 10.8. The molecule has 0 N–H and O–H groups in total. The van der Waals surface area contributed by atoms with Crippen molar-refractivity contribution < 1.29 is 9.22 Å². The lowest BCUT2D eigenvalue weighted by Gasteiger charge is -2.03. The minimum atomic E-state index is -0.136. The third-order valence-electron chi connectivity index (χ3n) is 0.841. The fraction of sp³-hybridized carbons (Fsp3) is 0.833. The third-order valence-corrected chi connectivity index (χ3v) is 2.15.